The molecule has 0 radical (unpaired) electrons. The number of hydrogen-bond acceptors (Lipinski definition) is 5. The highest BCUT2D eigenvalue weighted by atomic mass is 28.3. The zero-order valence-electron chi connectivity index (χ0n) is 27.6. The highest BCUT2D eigenvalue weighted by molar-refractivity contribution is 6.76. The Hall–Kier alpha value is -1.39. The smallest absolute Gasteiger partial charge is 0.189 e. The molecule has 0 N–H and O–H groups in total. The van der Waals surface area contributed by atoms with Gasteiger partial charge < -0.3 is 23.7 Å². The molecule has 0 amide bonds. The van der Waals surface area contributed by atoms with E-state index in [2.05, 4.69) is 77.1 Å². The van der Waals surface area contributed by atoms with Crippen LogP contribution in [-0.4, -0.2) is 55.7 Å². The lowest BCUT2D eigenvalue weighted by atomic mass is 9.57. The van der Waals surface area contributed by atoms with E-state index in [0.29, 0.717) is 31.2 Å². The molecule has 5 nitrogen and oxygen atoms in total. The predicted octanol–water partition coefficient (Wildman–Crippen LogP) is 9.32. The Bertz CT molecular complexity index is 1060. The molecule has 42 heavy (non-hydrogen) atoms. The third-order valence-corrected chi connectivity index (χ3v) is 13.2. The molecule has 0 bridgehead atoms. The number of hydrogen-bond donors (Lipinski definition) is 0. The number of rotatable bonds is 17. The Labute approximate surface area is 258 Å². The van der Waals surface area contributed by atoms with E-state index in [1.54, 1.807) is 0 Å². The normalized spacial score (nSPS) is 27.1. The van der Waals surface area contributed by atoms with Gasteiger partial charge in [0.05, 0.1) is 12.7 Å². The number of unbranched alkanes of at least 4 members (excludes halogenated alkanes) is 1. The van der Waals surface area contributed by atoms with Crippen LogP contribution in [0.25, 0.3) is 5.76 Å². The van der Waals surface area contributed by atoms with Crippen LogP contribution >= 0.6 is 0 Å². The maximum Gasteiger partial charge on any atom is 0.189 e. The van der Waals surface area contributed by atoms with Crippen molar-refractivity contribution in [1.82, 2.24) is 0 Å². The first-order valence-electron chi connectivity index (χ1n) is 16.4. The minimum absolute atomic E-state index is 0.168. The molecule has 0 aliphatic heterocycles. The van der Waals surface area contributed by atoms with Crippen molar-refractivity contribution in [3.8, 4) is 5.75 Å². The van der Waals surface area contributed by atoms with E-state index >= 15 is 0 Å². The van der Waals surface area contributed by atoms with Crippen LogP contribution in [0.3, 0.4) is 0 Å². The van der Waals surface area contributed by atoms with Gasteiger partial charge in [0.1, 0.15) is 18.3 Å². The summed E-state index contributed by atoms with van der Waals surface area (Å²) >= 11 is 0. The van der Waals surface area contributed by atoms with E-state index in [9.17, 15) is 0 Å². The molecular weight excluding hydrogens is 557 g/mol. The van der Waals surface area contributed by atoms with Gasteiger partial charge in [0.2, 0.25) is 0 Å². The molecule has 0 heterocycles. The molecule has 0 aromatic heterocycles. The van der Waals surface area contributed by atoms with Gasteiger partial charge in [0, 0.05) is 34.9 Å². The summed E-state index contributed by atoms with van der Waals surface area (Å²) in [6.07, 6.45) is 11.3. The van der Waals surface area contributed by atoms with Crippen molar-refractivity contribution in [3.05, 3.63) is 48.1 Å². The molecule has 5 atom stereocenters. The van der Waals surface area contributed by atoms with Gasteiger partial charge in [-0.25, -0.2) is 0 Å². The van der Waals surface area contributed by atoms with E-state index in [1.807, 2.05) is 6.08 Å². The van der Waals surface area contributed by atoms with Gasteiger partial charge in [-0.05, 0) is 97.6 Å². The summed E-state index contributed by atoms with van der Waals surface area (Å²) in [6.45, 7) is 23.6. The van der Waals surface area contributed by atoms with Gasteiger partial charge in [0.15, 0.2) is 6.79 Å². The minimum atomic E-state index is -1.11. The fourth-order valence-corrected chi connectivity index (χ4v) is 8.61. The lowest BCUT2D eigenvalue weighted by molar-refractivity contribution is -0.131. The van der Waals surface area contributed by atoms with Gasteiger partial charge in [-0.1, -0.05) is 58.3 Å². The zero-order valence-corrected chi connectivity index (χ0v) is 29.6. The van der Waals surface area contributed by atoms with Crippen molar-refractivity contribution < 1.29 is 23.7 Å². The van der Waals surface area contributed by atoms with E-state index in [1.165, 1.54) is 36.4 Å². The van der Waals surface area contributed by atoms with Gasteiger partial charge >= 0.3 is 0 Å². The van der Waals surface area contributed by atoms with E-state index in [0.717, 1.165) is 50.0 Å². The largest absolute Gasteiger partial charge is 0.493 e. The third kappa shape index (κ3) is 8.84. The standard InChI is InChI=1S/C35H58O5Si2/c1-9-10-11-18-38-33-24-30-29(28-13-12-27(23-31(28)33)39-25-36-19-21-41(3,4)5)16-17-35(2)32(30)14-15-34(35)40-26-37-20-22-42(6,7)8/h9,12-13,23-24,29-30,32,34H,1,10-11,14-22,25-26H2,2-8H3/t29-,30-,32+,34+,35+/m1/s1. The first kappa shape index (κ1) is 33.5. The van der Waals surface area contributed by atoms with Crippen LogP contribution in [-0.2, 0) is 18.9 Å². The average Bonchev–Trinajstić information content (AvgIpc) is 3.25. The summed E-state index contributed by atoms with van der Waals surface area (Å²) in [5.74, 6) is 3.42. The third-order valence-electron chi connectivity index (χ3n) is 9.74. The number of ether oxygens (including phenoxy) is 5. The number of allylic oxidation sites excluding steroid dienone is 2. The molecule has 2 fully saturated rings. The van der Waals surface area contributed by atoms with Crippen LogP contribution in [0, 0.1) is 17.3 Å². The molecule has 1 aromatic rings. The first-order chi connectivity index (χ1) is 19.9. The van der Waals surface area contributed by atoms with Crippen molar-refractivity contribution in [2.45, 2.75) is 109 Å². The maximum absolute atomic E-state index is 6.51. The van der Waals surface area contributed by atoms with Crippen LogP contribution in [0.1, 0.15) is 62.5 Å². The summed E-state index contributed by atoms with van der Waals surface area (Å²) in [6, 6.07) is 8.93. The summed E-state index contributed by atoms with van der Waals surface area (Å²) in [4.78, 5) is 0. The molecule has 2 saturated carbocycles. The maximum atomic E-state index is 6.51. The fourth-order valence-electron chi connectivity index (χ4n) is 7.09. The van der Waals surface area contributed by atoms with Gasteiger partial charge in [-0.3, -0.25) is 0 Å². The van der Waals surface area contributed by atoms with E-state index in [-0.39, 0.29) is 18.3 Å². The Balaban J connectivity index is 1.45. The van der Waals surface area contributed by atoms with Crippen molar-refractivity contribution in [3.63, 3.8) is 0 Å². The van der Waals surface area contributed by atoms with E-state index < -0.39 is 16.1 Å². The Morgan fingerprint density at radius 2 is 1.62 bits per heavy atom. The summed E-state index contributed by atoms with van der Waals surface area (Å²) in [7, 11) is -2.20. The summed E-state index contributed by atoms with van der Waals surface area (Å²) < 4.78 is 30.8. The lowest BCUT2D eigenvalue weighted by Crippen LogP contribution is -2.44. The molecule has 0 spiro atoms. The van der Waals surface area contributed by atoms with E-state index in [4.69, 9.17) is 23.7 Å². The highest BCUT2D eigenvalue weighted by Gasteiger charge is 2.55. The predicted molar refractivity (Wildman–Crippen MR) is 180 cm³/mol. The van der Waals surface area contributed by atoms with Crippen LogP contribution < -0.4 is 4.74 Å². The highest BCUT2D eigenvalue weighted by Crippen LogP contribution is 2.61. The van der Waals surface area contributed by atoms with Crippen LogP contribution in [0.15, 0.2) is 36.9 Å². The van der Waals surface area contributed by atoms with Crippen molar-refractivity contribution >= 4 is 21.9 Å². The SMILES string of the molecule is C=CCCCOC1=C[C@@H]2[C@H](CC[C@]3(C)[C@@H](OCOCC[Si](C)(C)C)CC[C@@H]23)c2ccc(OCOCC[Si](C)(C)C)cc21. The number of benzene rings is 1. The molecule has 236 valence electrons. The van der Waals surface area contributed by atoms with Crippen LogP contribution in [0.5, 0.6) is 5.75 Å². The molecular formula is C35H58O5Si2. The topological polar surface area (TPSA) is 46.2 Å². The Morgan fingerprint density at radius 1 is 0.905 bits per heavy atom. The number of fused-ring (bicyclic) bond motifs is 5. The van der Waals surface area contributed by atoms with Gasteiger partial charge in [-0.15, -0.1) is 6.58 Å². The first-order valence-corrected chi connectivity index (χ1v) is 23.8. The van der Waals surface area contributed by atoms with Crippen molar-refractivity contribution in [2.24, 2.45) is 17.3 Å². The molecule has 3 aliphatic rings. The molecule has 1 aromatic carbocycles. The average molecular weight is 615 g/mol. The minimum Gasteiger partial charge on any atom is -0.493 e. The van der Waals surface area contributed by atoms with Gasteiger partial charge in [-0.2, -0.15) is 0 Å². The molecule has 3 aliphatic carbocycles. The van der Waals surface area contributed by atoms with Crippen LogP contribution in [0.4, 0.5) is 0 Å². The Morgan fingerprint density at radius 3 is 2.31 bits per heavy atom. The second-order valence-corrected chi connectivity index (χ2v) is 26.7. The van der Waals surface area contributed by atoms with Crippen molar-refractivity contribution in [1.29, 1.82) is 0 Å². The lowest BCUT2D eigenvalue weighted by Gasteiger charge is -2.49. The fraction of sp³-hybridized carbons (Fsp3) is 0.714. The quantitative estimate of drug-likeness (QED) is 0.0757. The molecule has 4 rings (SSSR count). The second-order valence-electron chi connectivity index (χ2n) is 15.4. The second kappa shape index (κ2) is 14.6. The monoisotopic (exact) mass is 614 g/mol. The molecule has 0 saturated heterocycles. The van der Waals surface area contributed by atoms with Gasteiger partial charge in [0.25, 0.3) is 0 Å². The van der Waals surface area contributed by atoms with Crippen molar-refractivity contribution in [2.75, 3.05) is 33.4 Å². The summed E-state index contributed by atoms with van der Waals surface area (Å²) in [5.41, 5.74) is 2.77. The van der Waals surface area contributed by atoms with Crippen LogP contribution in [0.2, 0.25) is 51.4 Å². The zero-order chi connectivity index (χ0) is 30.4. The summed E-state index contributed by atoms with van der Waals surface area (Å²) in [5, 5.41) is 0. The Kier molecular flexibility index (Phi) is 11.6. The molecule has 7 heteroatoms. The molecule has 0 unspecified atom stereocenters.